The number of esters is 1. The molecule has 0 spiro atoms. The molecule has 0 fully saturated rings. The van der Waals surface area contributed by atoms with E-state index in [1.807, 2.05) is 0 Å². The number of halogens is 6. The first-order valence-electron chi connectivity index (χ1n) is 5.69. The summed E-state index contributed by atoms with van der Waals surface area (Å²) in [5, 5.41) is -0.468. The molecule has 8 heteroatoms. The van der Waals surface area contributed by atoms with Gasteiger partial charge in [0.2, 0.25) is 0 Å². The second-order valence-electron chi connectivity index (χ2n) is 4.10. The van der Waals surface area contributed by atoms with Gasteiger partial charge in [0.05, 0.1) is 37.8 Å². The molecular weight excluding hydrogens is 396 g/mol. The zero-order chi connectivity index (χ0) is 16.6. The fourth-order valence-corrected chi connectivity index (χ4v) is 3.21. The third kappa shape index (κ3) is 2.89. The van der Waals surface area contributed by atoms with Crippen LogP contribution in [0.5, 0.6) is 0 Å². The molecule has 0 amide bonds. The molecule has 2 aromatic rings. The quantitative estimate of drug-likeness (QED) is 0.324. The summed E-state index contributed by atoms with van der Waals surface area (Å²) in [6.07, 6.45) is 0. The summed E-state index contributed by atoms with van der Waals surface area (Å²) in [6, 6.07) is 3.87. The summed E-state index contributed by atoms with van der Waals surface area (Å²) >= 11 is 30.1. The Morgan fingerprint density at radius 3 is 1.91 bits per heavy atom. The van der Waals surface area contributed by atoms with E-state index in [-0.39, 0.29) is 41.8 Å². The molecule has 0 aliphatic carbocycles. The SMILES string of the molecule is COC(=O)c1cccc(F)c1-c1c(Cl)c(Cl)c(Cl)c(Cl)c1Cl. The minimum Gasteiger partial charge on any atom is -0.465 e. The highest BCUT2D eigenvalue weighted by Crippen LogP contribution is 2.49. The van der Waals surface area contributed by atoms with Gasteiger partial charge in [-0.3, -0.25) is 0 Å². The van der Waals surface area contributed by atoms with Crippen LogP contribution in [0.4, 0.5) is 4.39 Å². The molecule has 0 unspecified atom stereocenters. The van der Waals surface area contributed by atoms with Crippen LogP contribution in [0.3, 0.4) is 0 Å². The molecule has 2 rings (SSSR count). The Balaban J connectivity index is 2.93. The van der Waals surface area contributed by atoms with Gasteiger partial charge in [0.1, 0.15) is 5.82 Å². The molecule has 0 radical (unpaired) electrons. The first-order valence-corrected chi connectivity index (χ1v) is 7.58. The Bertz CT molecular complexity index is 747. The van der Waals surface area contributed by atoms with Crippen LogP contribution in [0.15, 0.2) is 18.2 Å². The first kappa shape index (κ1) is 17.6. The second-order valence-corrected chi connectivity index (χ2v) is 5.99. The van der Waals surface area contributed by atoms with Gasteiger partial charge in [-0.15, -0.1) is 0 Å². The average molecular weight is 402 g/mol. The summed E-state index contributed by atoms with van der Waals surface area (Å²) in [6.45, 7) is 0. The number of carbonyl (C=O) groups is 1. The lowest BCUT2D eigenvalue weighted by molar-refractivity contribution is 0.0601. The van der Waals surface area contributed by atoms with E-state index in [0.29, 0.717) is 0 Å². The first-order chi connectivity index (χ1) is 10.3. The molecule has 0 N–H and O–H groups in total. The minimum absolute atomic E-state index is 0.0266. The molecule has 0 aromatic heterocycles. The number of methoxy groups -OCH3 is 1. The molecule has 0 bridgehead atoms. The van der Waals surface area contributed by atoms with E-state index in [1.165, 1.54) is 19.2 Å². The lowest BCUT2D eigenvalue weighted by Gasteiger charge is -2.15. The Morgan fingerprint density at radius 2 is 1.41 bits per heavy atom. The van der Waals surface area contributed by atoms with Crippen LogP contribution in [0.1, 0.15) is 10.4 Å². The number of carbonyl (C=O) groups excluding carboxylic acids is 1. The number of hydrogen-bond acceptors (Lipinski definition) is 2. The van der Waals surface area contributed by atoms with E-state index in [2.05, 4.69) is 4.74 Å². The van der Waals surface area contributed by atoms with Gasteiger partial charge in [0, 0.05) is 11.1 Å². The molecule has 0 atom stereocenters. The predicted molar refractivity (Wildman–Crippen MR) is 88.2 cm³/mol. The molecule has 2 nitrogen and oxygen atoms in total. The molecule has 0 saturated heterocycles. The lowest BCUT2D eigenvalue weighted by atomic mass is 9.98. The van der Waals surface area contributed by atoms with E-state index >= 15 is 0 Å². The fourth-order valence-electron chi connectivity index (χ4n) is 1.88. The highest BCUT2D eigenvalue weighted by molar-refractivity contribution is 6.56. The average Bonchev–Trinajstić information content (AvgIpc) is 2.51. The predicted octanol–water partition coefficient (Wildman–Crippen LogP) is 6.55. The highest BCUT2D eigenvalue weighted by Gasteiger charge is 2.26. The third-order valence-corrected chi connectivity index (χ3v) is 5.16. The fraction of sp³-hybridized carbons (Fsp3) is 0.0714. The Kier molecular flexibility index (Phi) is 5.46. The standard InChI is InChI=1S/C14H6Cl5FO2/c1-22-14(21)5-3-2-4-6(20)7(5)8-9(15)11(17)13(19)12(18)10(8)16/h2-4H,1H3. The largest absolute Gasteiger partial charge is 0.465 e. The number of hydrogen-bond donors (Lipinski definition) is 0. The molecule has 0 aliphatic heterocycles. The Morgan fingerprint density at radius 1 is 0.909 bits per heavy atom. The van der Waals surface area contributed by atoms with Crippen molar-refractivity contribution in [3.8, 4) is 11.1 Å². The summed E-state index contributed by atoms with van der Waals surface area (Å²) in [5.74, 6) is -1.50. The van der Waals surface area contributed by atoms with Crippen molar-refractivity contribution in [1.82, 2.24) is 0 Å². The van der Waals surface area contributed by atoms with Crippen LogP contribution in [0.2, 0.25) is 25.1 Å². The van der Waals surface area contributed by atoms with Crippen LogP contribution >= 0.6 is 58.0 Å². The molecule has 116 valence electrons. The molecular formula is C14H6Cl5FO2. The van der Waals surface area contributed by atoms with Gasteiger partial charge < -0.3 is 4.74 Å². The van der Waals surface area contributed by atoms with Crippen molar-refractivity contribution in [2.45, 2.75) is 0 Å². The van der Waals surface area contributed by atoms with Crippen LogP contribution in [-0.2, 0) is 4.74 Å². The summed E-state index contributed by atoms with van der Waals surface area (Å²) in [5.41, 5.74) is -0.258. The number of ether oxygens (including phenoxy) is 1. The lowest BCUT2D eigenvalue weighted by Crippen LogP contribution is -2.06. The Labute approximate surface area is 150 Å². The zero-order valence-corrected chi connectivity index (χ0v) is 14.6. The van der Waals surface area contributed by atoms with Crippen molar-refractivity contribution in [3.05, 3.63) is 54.7 Å². The third-order valence-electron chi connectivity index (χ3n) is 2.88. The zero-order valence-electron chi connectivity index (χ0n) is 10.8. The van der Waals surface area contributed by atoms with E-state index in [4.69, 9.17) is 58.0 Å². The molecule has 0 aliphatic rings. The van der Waals surface area contributed by atoms with Gasteiger partial charge in [-0.25, -0.2) is 9.18 Å². The summed E-state index contributed by atoms with van der Waals surface area (Å²) in [7, 11) is 1.17. The van der Waals surface area contributed by atoms with E-state index in [0.717, 1.165) is 6.07 Å². The monoisotopic (exact) mass is 400 g/mol. The van der Waals surface area contributed by atoms with Gasteiger partial charge in [-0.1, -0.05) is 64.1 Å². The van der Waals surface area contributed by atoms with Crippen LogP contribution in [0.25, 0.3) is 11.1 Å². The van der Waals surface area contributed by atoms with Crippen molar-refractivity contribution in [1.29, 1.82) is 0 Å². The maximum Gasteiger partial charge on any atom is 0.338 e. The molecule has 0 heterocycles. The number of rotatable bonds is 2. The number of benzene rings is 2. The normalized spacial score (nSPS) is 10.7. The van der Waals surface area contributed by atoms with Gasteiger partial charge >= 0.3 is 5.97 Å². The van der Waals surface area contributed by atoms with Crippen molar-refractivity contribution >= 4 is 64.0 Å². The second kappa shape index (κ2) is 6.81. The van der Waals surface area contributed by atoms with Gasteiger partial charge in [0.15, 0.2) is 0 Å². The molecule has 0 saturated carbocycles. The topological polar surface area (TPSA) is 26.3 Å². The van der Waals surface area contributed by atoms with E-state index in [1.54, 1.807) is 0 Å². The van der Waals surface area contributed by atoms with Gasteiger partial charge in [0.25, 0.3) is 0 Å². The van der Waals surface area contributed by atoms with Gasteiger partial charge in [-0.2, -0.15) is 0 Å². The van der Waals surface area contributed by atoms with Gasteiger partial charge in [-0.05, 0) is 12.1 Å². The maximum absolute atomic E-state index is 14.3. The van der Waals surface area contributed by atoms with Crippen LogP contribution in [-0.4, -0.2) is 13.1 Å². The van der Waals surface area contributed by atoms with Crippen molar-refractivity contribution in [2.24, 2.45) is 0 Å². The summed E-state index contributed by atoms with van der Waals surface area (Å²) in [4.78, 5) is 11.9. The minimum atomic E-state index is -0.760. The van der Waals surface area contributed by atoms with E-state index in [9.17, 15) is 9.18 Å². The smallest absolute Gasteiger partial charge is 0.338 e. The van der Waals surface area contributed by atoms with Crippen molar-refractivity contribution < 1.29 is 13.9 Å². The molecule has 2 aromatic carbocycles. The van der Waals surface area contributed by atoms with Crippen LogP contribution < -0.4 is 0 Å². The van der Waals surface area contributed by atoms with Crippen molar-refractivity contribution in [2.75, 3.05) is 7.11 Å². The maximum atomic E-state index is 14.3. The molecule has 22 heavy (non-hydrogen) atoms. The van der Waals surface area contributed by atoms with E-state index < -0.39 is 11.8 Å². The van der Waals surface area contributed by atoms with Crippen molar-refractivity contribution in [3.63, 3.8) is 0 Å². The van der Waals surface area contributed by atoms with Crippen LogP contribution in [0, 0.1) is 5.82 Å². The summed E-state index contributed by atoms with van der Waals surface area (Å²) < 4.78 is 18.9. The highest BCUT2D eigenvalue weighted by atomic mass is 35.5. The Hall–Kier alpha value is -0.710.